The topological polar surface area (TPSA) is 153 Å². The third-order valence-corrected chi connectivity index (χ3v) is 11.2. The van der Waals surface area contributed by atoms with Gasteiger partial charge in [0.25, 0.3) is 5.56 Å². The SMILES string of the molecule is CC(C)(C)[Si](C)(C)O[C@@H]1[C@H](O[PH](=O)O)[C@@H](CO)O[C@H]1n1cnc2c(=O)n3cc[nH]c3nc21. The monoisotopic (exact) mass is 485 g/mol. The Morgan fingerprint density at radius 1 is 1.34 bits per heavy atom. The maximum atomic E-state index is 12.8. The number of hydrogen-bond donors (Lipinski definition) is 3. The molecule has 14 heteroatoms. The van der Waals surface area contributed by atoms with Crippen molar-refractivity contribution in [1.29, 1.82) is 0 Å². The minimum Gasteiger partial charge on any atom is -0.407 e. The summed E-state index contributed by atoms with van der Waals surface area (Å²) in [5.74, 6) is 0.330. The predicted octanol–water partition coefficient (Wildman–Crippen LogP) is 1.42. The van der Waals surface area contributed by atoms with Gasteiger partial charge in [-0.25, -0.2) is 4.98 Å². The Morgan fingerprint density at radius 2 is 2.06 bits per heavy atom. The van der Waals surface area contributed by atoms with Gasteiger partial charge in [-0.05, 0) is 18.1 Å². The molecule has 3 N–H and O–H groups in total. The lowest BCUT2D eigenvalue weighted by molar-refractivity contribution is -0.0487. The van der Waals surface area contributed by atoms with Crippen molar-refractivity contribution < 1.29 is 28.3 Å². The second kappa shape index (κ2) is 8.17. The third-order valence-electron chi connectivity index (χ3n) is 6.28. The van der Waals surface area contributed by atoms with Crippen molar-refractivity contribution in [2.45, 2.75) is 63.4 Å². The molecule has 32 heavy (non-hydrogen) atoms. The highest BCUT2D eigenvalue weighted by atomic mass is 31.1. The molecule has 0 amide bonds. The Kier molecular flexibility index (Phi) is 5.95. The average molecular weight is 486 g/mol. The fourth-order valence-electron chi connectivity index (χ4n) is 3.57. The van der Waals surface area contributed by atoms with Crippen LogP contribution in [-0.4, -0.2) is 67.2 Å². The van der Waals surface area contributed by atoms with E-state index in [2.05, 4.69) is 35.7 Å². The van der Waals surface area contributed by atoms with Gasteiger partial charge in [-0.1, -0.05) is 20.8 Å². The molecule has 1 aliphatic rings. The molecular formula is C18H28N5O7PSi. The maximum absolute atomic E-state index is 12.8. The lowest BCUT2D eigenvalue weighted by atomic mass is 10.1. The minimum atomic E-state index is -3.35. The lowest BCUT2D eigenvalue weighted by Crippen LogP contribution is -2.49. The Labute approximate surface area is 185 Å². The van der Waals surface area contributed by atoms with Crippen LogP contribution in [0.2, 0.25) is 18.1 Å². The van der Waals surface area contributed by atoms with Crippen molar-refractivity contribution in [1.82, 2.24) is 23.9 Å². The number of aliphatic hydroxyl groups is 1. The largest absolute Gasteiger partial charge is 0.407 e. The van der Waals surface area contributed by atoms with Gasteiger partial charge in [0.05, 0.1) is 12.9 Å². The molecule has 0 spiro atoms. The van der Waals surface area contributed by atoms with Gasteiger partial charge in [0.1, 0.15) is 18.3 Å². The summed E-state index contributed by atoms with van der Waals surface area (Å²) in [6, 6.07) is 0. The van der Waals surface area contributed by atoms with E-state index in [1.54, 1.807) is 17.0 Å². The first-order chi connectivity index (χ1) is 14.9. The highest BCUT2D eigenvalue weighted by Crippen LogP contribution is 2.44. The molecule has 3 aromatic heterocycles. The second-order valence-electron chi connectivity index (χ2n) is 9.33. The number of H-pyrrole nitrogens is 1. The number of imidazole rings is 2. The molecular weight excluding hydrogens is 457 g/mol. The van der Waals surface area contributed by atoms with E-state index in [-0.39, 0.29) is 21.8 Å². The first-order valence-electron chi connectivity index (χ1n) is 10.2. The second-order valence-corrected chi connectivity index (χ2v) is 14.9. The van der Waals surface area contributed by atoms with Crippen LogP contribution in [0, 0.1) is 0 Å². The molecule has 0 bridgehead atoms. The van der Waals surface area contributed by atoms with Crippen molar-refractivity contribution in [2.75, 3.05) is 6.61 Å². The summed E-state index contributed by atoms with van der Waals surface area (Å²) < 4.78 is 32.4. The van der Waals surface area contributed by atoms with Crippen LogP contribution in [0.15, 0.2) is 23.5 Å². The summed E-state index contributed by atoms with van der Waals surface area (Å²) >= 11 is 0. The van der Waals surface area contributed by atoms with Crippen molar-refractivity contribution in [2.24, 2.45) is 0 Å². The van der Waals surface area contributed by atoms with E-state index < -0.39 is 47.7 Å². The van der Waals surface area contributed by atoms with E-state index in [1.165, 1.54) is 10.7 Å². The van der Waals surface area contributed by atoms with E-state index in [0.29, 0.717) is 5.78 Å². The van der Waals surface area contributed by atoms with E-state index in [1.807, 2.05) is 13.1 Å². The Balaban J connectivity index is 1.84. The van der Waals surface area contributed by atoms with E-state index in [4.69, 9.17) is 13.7 Å². The smallest absolute Gasteiger partial charge is 0.317 e. The van der Waals surface area contributed by atoms with Crippen molar-refractivity contribution in [3.05, 3.63) is 29.1 Å². The number of aliphatic hydroxyl groups excluding tert-OH is 1. The maximum Gasteiger partial charge on any atom is 0.317 e. The molecule has 1 saturated heterocycles. The van der Waals surface area contributed by atoms with Crippen LogP contribution in [0.5, 0.6) is 0 Å². The fourth-order valence-corrected chi connectivity index (χ4v) is 5.38. The number of aromatic nitrogens is 5. The molecule has 3 aromatic rings. The Hall–Kier alpha value is -1.86. The number of nitrogens with zero attached hydrogens (tertiary/aromatic N) is 4. The number of aromatic amines is 1. The van der Waals surface area contributed by atoms with Gasteiger partial charge >= 0.3 is 8.25 Å². The van der Waals surface area contributed by atoms with Gasteiger partial charge in [0.2, 0.25) is 5.78 Å². The standard InChI is InChI=1S/C18H28N5O7PSi/c1-18(2,3)32(4,5)30-13-12(29-31(26)27)10(8-24)28-16(13)23-9-20-11-14(23)21-17-19-6-7-22(17)15(11)25/h6-7,9-10,12-13,16,24,31H,8H2,1-5H3,(H,19,21)(H,26,27)/t10-,12-,13-,16-/m1/s1. The van der Waals surface area contributed by atoms with Gasteiger partial charge in [-0.2, -0.15) is 4.98 Å². The van der Waals surface area contributed by atoms with Crippen molar-refractivity contribution in [3.8, 4) is 0 Å². The lowest BCUT2D eigenvalue weighted by Gasteiger charge is -2.40. The number of ether oxygens (including phenoxy) is 1. The quantitative estimate of drug-likeness (QED) is 0.347. The summed E-state index contributed by atoms with van der Waals surface area (Å²) in [6.07, 6.45) is 0.935. The van der Waals surface area contributed by atoms with Crippen LogP contribution >= 0.6 is 8.25 Å². The average Bonchev–Trinajstić information content (AvgIpc) is 3.39. The number of fused-ring (bicyclic) bond motifs is 2. The van der Waals surface area contributed by atoms with E-state index >= 15 is 0 Å². The zero-order valence-electron chi connectivity index (χ0n) is 18.5. The number of nitrogens with one attached hydrogen (secondary N) is 1. The molecule has 5 atom stereocenters. The highest BCUT2D eigenvalue weighted by Gasteiger charge is 2.52. The molecule has 0 saturated carbocycles. The minimum absolute atomic E-state index is 0.137. The summed E-state index contributed by atoms with van der Waals surface area (Å²) in [5.41, 5.74) is 0.0504. The summed E-state index contributed by atoms with van der Waals surface area (Å²) in [7, 11) is -5.76. The molecule has 1 aliphatic heterocycles. The van der Waals surface area contributed by atoms with Gasteiger partial charge in [-0.3, -0.25) is 18.3 Å². The zero-order chi connectivity index (χ0) is 23.4. The van der Waals surface area contributed by atoms with Crippen LogP contribution in [0.1, 0.15) is 27.0 Å². The molecule has 0 radical (unpaired) electrons. The van der Waals surface area contributed by atoms with Gasteiger partial charge in [0, 0.05) is 12.4 Å². The number of rotatable bonds is 6. The molecule has 176 valence electrons. The van der Waals surface area contributed by atoms with Crippen LogP contribution < -0.4 is 5.56 Å². The van der Waals surface area contributed by atoms with Crippen molar-refractivity contribution in [3.63, 3.8) is 0 Å². The Morgan fingerprint density at radius 3 is 2.69 bits per heavy atom. The van der Waals surface area contributed by atoms with Crippen LogP contribution in [-0.2, 0) is 18.3 Å². The molecule has 0 aromatic carbocycles. The first-order valence-corrected chi connectivity index (χ1v) is 14.4. The zero-order valence-corrected chi connectivity index (χ0v) is 20.5. The molecule has 1 unspecified atom stereocenters. The predicted molar refractivity (Wildman–Crippen MR) is 118 cm³/mol. The summed E-state index contributed by atoms with van der Waals surface area (Å²) in [6.45, 7) is 9.82. The van der Waals surface area contributed by atoms with E-state index in [0.717, 1.165) is 0 Å². The molecule has 4 heterocycles. The number of hydrogen-bond acceptors (Lipinski definition) is 8. The van der Waals surface area contributed by atoms with Crippen LogP contribution in [0.4, 0.5) is 0 Å². The van der Waals surface area contributed by atoms with E-state index in [9.17, 15) is 19.4 Å². The van der Waals surface area contributed by atoms with Crippen LogP contribution in [0.25, 0.3) is 16.9 Å². The first kappa shape index (κ1) is 23.3. The molecule has 4 rings (SSSR count). The molecule has 0 aliphatic carbocycles. The summed E-state index contributed by atoms with van der Waals surface area (Å²) in [4.78, 5) is 33.9. The highest BCUT2D eigenvalue weighted by molar-refractivity contribution is 7.32. The van der Waals surface area contributed by atoms with Crippen LogP contribution in [0.3, 0.4) is 0 Å². The fraction of sp³-hybridized carbons (Fsp3) is 0.611. The van der Waals surface area contributed by atoms with Gasteiger partial charge < -0.3 is 28.7 Å². The van der Waals surface area contributed by atoms with Crippen molar-refractivity contribution >= 4 is 33.5 Å². The Bertz CT molecular complexity index is 1220. The third kappa shape index (κ3) is 3.87. The normalized spacial score (nSPS) is 25.7. The molecule has 12 nitrogen and oxygen atoms in total. The molecule has 1 fully saturated rings. The van der Waals surface area contributed by atoms with Gasteiger partial charge in [-0.15, -0.1) is 0 Å². The van der Waals surface area contributed by atoms with Gasteiger partial charge in [0.15, 0.2) is 25.7 Å². The summed E-state index contributed by atoms with van der Waals surface area (Å²) in [5, 5.41) is 9.72.